The Morgan fingerprint density at radius 1 is 1.14 bits per heavy atom. The number of rotatable bonds is 6. The molecule has 0 aliphatic carbocycles. The van der Waals surface area contributed by atoms with Crippen LogP contribution in [-0.2, 0) is 23.6 Å². The number of anilines is 1. The van der Waals surface area contributed by atoms with E-state index in [1.807, 2.05) is 32.3 Å². The molecule has 0 saturated carbocycles. The highest BCUT2D eigenvalue weighted by molar-refractivity contribution is 7.92. The Hall–Kier alpha value is -3.13. The molecule has 0 unspecified atom stereocenters. The molecule has 0 bridgehead atoms. The van der Waals surface area contributed by atoms with Crippen molar-refractivity contribution in [2.75, 3.05) is 11.8 Å². The zero-order chi connectivity index (χ0) is 21.2. The fraction of sp³-hybridized carbons (Fsp3) is 0.238. The van der Waals surface area contributed by atoms with E-state index in [1.54, 1.807) is 49.1 Å². The van der Waals surface area contributed by atoms with Gasteiger partial charge in [0, 0.05) is 43.7 Å². The van der Waals surface area contributed by atoms with Crippen LogP contribution in [0.2, 0.25) is 0 Å². The van der Waals surface area contributed by atoms with Crippen molar-refractivity contribution in [2.24, 2.45) is 7.05 Å². The quantitative estimate of drug-likeness (QED) is 0.674. The number of aromatic nitrogens is 2. The summed E-state index contributed by atoms with van der Waals surface area (Å²) in [6.45, 7) is 4.01. The largest absolute Gasteiger partial charge is 0.337 e. The van der Waals surface area contributed by atoms with Gasteiger partial charge < -0.3 is 4.90 Å². The van der Waals surface area contributed by atoms with Crippen molar-refractivity contribution in [3.05, 3.63) is 77.1 Å². The minimum atomic E-state index is -3.83. The Bertz CT molecular complexity index is 1130. The van der Waals surface area contributed by atoms with Crippen molar-refractivity contribution in [2.45, 2.75) is 25.3 Å². The van der Waals surface area contributed by atoms with E-state index in [1.165, 1.54) is 11.0 Å². The first-order valence-corrected chi connectivity index (χ1v) is 10.6. The van der Waals surface area contributed by atoms with Crippen molar-refractivity contribution >= 4 is 21.6 Å². The van der Waals surface area contributed by atoms with Gasteiger partial charge in [-0.1, -0.05) is 23.8 Å². The van der Waals surface area contributed by atoms with Gasteiger partial charge in [0.15, 0.2) is 0 Å². The van der Waals surface area contributed by atoms with Crippen LogP contribution in [0.4, 0.5) is 5.69 Å². The maximum atomic E-state index is 12.9. The van der Waals surface area contributed by atoms with E-state index >= 15 is 0 Å². The lowest BCUT2D eigenvalue weighted by molar-refractivity contribution is 0.0785. The molecule has 0 aliphatic rings. The van der Waals surface area contributed by atoms with E-state index in [2.05, 4.69) is 9.82 Å². The number of amides is 1. The average molecular weight is 413 g/mol. The van der Waals surface area contributed by atoms with Crippen LogP contribution in [-0.4, -0.2) is 36.1 Å². The molecule has 0 spiro atoms. The van der Waals surface area contributed by atoms with E-state index < -0.39 is 10.0 Å². The smallest absolute Gasteiger partial charge is 0.262 e. The summed E-state index contributed by atoms with van der Waals surface area (Å²) in [6.07, 6.45) is 3.53. The second-order valence-corrected chi connectivity index (χ2v) is 8.79. The van der Waals surface area contributed by atoms with Gasteiger partial charge in [-0.05, 0) is 43.7 Å². The number of hydrogen-bond acceptors (Lipinski definition) is 4. The predicted molar refractivity (Wildman–Crippen MR) is 112 cm³/mol. The lowest BCUT2D eigenvalue weighted by Crippen LogP contribution is -2.26. The van der Waals surface area contributed by atoms with E-state index in [9.17, 15) is 13.2 Å². The molecule has 29 heavy (non-hydrogen) atoms. The summed E-state index contributed by atoms with van der Waals surface area (Å²) in [4.78, 5) is 14.4. The minimum absolute atomic E-state index is 0.0821. The summed E-state index contributed by atoms with van der Waals surface area (Å²) >= 11 is 0. The van der Waals surface area contributed by atoms with E-state index in [4.69, 9.17) is 0 Å². The highest BCUT2D eigenvalue weighted by atomic mass is 32.2. The van der Waals surface area contributed by atoms with E-state index in [-0.39, 0.29) is 10.8 Å². The molecule has 1 N–H and O–H groups in total. The number of carbonyl (C=O) groups is 1. The first-order chi connectivity index (χ1) is 13.7. The Morgan fingerprint density at radius 3 is 2.45 bits per heavy atom. The molecule has 0 radical (unpaired) electrons. The third-order valence-electron chi connectivity index (χ3n) is 4.55. The van der Waals surface area contributed by atoms with Gasteiger partial charge >= 0.3 is 0 Å². The topological polar surface area (TPSA) is 84.3 Å². The van der Waals surface area contributed by atoms with Crippen LogP contribution in [0.3, 0.4) is 0 Å². The molecule has 3 rings (SSSR count). The van der Waals surface area contributed by atoms with Crippen molar-refractivity contribution in [1.82, 2.24) is 14.7 Å². The lowest BCUT2D eigenvalue weighted by atomic mass is 10.1. The molecule has 0 aliphatic heterocycles. The first-order valence-electron chi connectivity index (χ1n) is 9.09. The number of carbonyl (C=O) groups excluding carboxylic acids is 1. The normalized spacial score (nSPS) is 11.3. The third-order valence-corrected chi connectivity index (χ3v) is 6.08. The molecule has 1 aromatic heterocycles. The van der Waals surface area contributed by atoms with Gasteiger partial charge in [-0.25, -0.2) is 8.42 Å². The summed E-state index contributed by atoms with van der Waals surface area (Å²) in [5, 5.41) is 4.10. The van der Waals surface area contributed by atoms with Crippen molar-refractivity contribution in [1.29, 1.82) is 0 Å². The van der Waals surface area contributed by atoms with Crippen molar-refractivity contribution in [3.8, 4) is 0 Å². The molecule has 8 heteroatoms. The lowest BCUT2D eigenvalue weighted by Gasteiger charge is -2.18. The molecule has 3 aromatic rings. The highest BCUT2D eigenvalue weighted by Crippen LogP contribution is 2.22. The summed E-state index contributed by atoms with van der Waals surface area (Å²) in [6, 6.07) is 11.8. The standard InChI is InChI=1S/C21H24N4O3S/c1-15-5-9-19(10-6-15)23-29(27,28)20-11-18(8-7-16(20)2)21(26)24(3)13-17-12-22-25(4)14-17/h5-12,14,23H,13H2,1-4H3. The maximum Gasteiger partial charge on any atom is 0.262 e. The molecular formula is C21H24N4O3S. The second-order valence-electron chi connectivity index (χ2n) is 7.14. The van der Waals surface area contributed by atoms with Crippen LogP contribution in [0, 0.1) is 13.8 Å². The number of nitrogens with one attached hydrogen (secondary N) is 1. The minimum Gasteiger partial charge on any atom is -0.337 e. The van der Waals surface area contributed by atoms with E-state index in [0.29, 0.717) is 23.4 Å². The Balaban J connectivity index is 1.84. The van der Waals surface area contributed by atoms with Gasteiger partial charge in [-0.15, -0.1) is 0 Å². The number of nitrogens with zero attached hydrogens (tertiary/aromatic N) is 3. The van der Waals surface area contributed by atoms with Crippen LogP contribution in [0.15, 0.2) is 59.8 Å². The van der Waals surface area contributed by atoms with Crippen LogP contribution in [0.25, 0.3) is 0 Å². The second kappa shape index (κ2) is 8.08. The molecule has 152 valence electrons. The Morgan fingerprint density at radius 2 is 1.83 bits per heavy atom. The zero-order valence-electron chi connectivity index (χ0n) is 16.9. The van der Waals surface area contributed by atoms with Crippen LogP contribution in [0.5, 0.6) is 0 Å². The molecule has 1 amide bonds. The van der Waals surface area contributed by atoms with Crippen molar-refractivity contribution < 1.29 is 13.2 Å². The monoisotopic (exact) mass is 412 g/mol. The van der Waals surface area contributed by atoms with E-state index in [0.717, 1.165) is 11.1 Å². The Labute approximate surface area is 171 Å². The average Bonchev–Trinajstić information content (AvgIpc) is 3.07. The van der Waals surface area contributed by atoms with Gasteiger partial charge in [0.25, 0.3) is 15.9 Å². The highest BCUT2D eigenvalue weighted by Gasteiger charge is 2.21. The molecule has 0 atom stereocenters. The number of hydrogen-bond donors (Lipinski definition) is 1. The SMILES string of the molecule is Cc1ccc(NS(=O)(=O)c2cc(C(=O)N(C)Cc3cnn(C)c3)ccc2C)cc1. The molecular weight excluding hydrogens is 388 g/mol. The first kappa shape index (κ1) is 20.6. The van der Waals surface area contributed by atoms with Gasteiger partial charge in [0.1, 0.15) is 0 Å². The molecule has 1 heterocycles. The molecule has 7 nitrogen and oxygen atoms in total. The summed E-state index contributed by atoms with van der Waals surface area (Å²) in [7, 11) is -0.345. The Kier molecular flexibility index (Phi) is 5.74. The van der Waals surface area contributed by atoms with Crippen LogP contribution in [0.1, 0.15) is 27.0 Å². The van der Waals surface area contributed by atoms with Gasteiger partial charge in [-0.3, -0.25) is 14.2 Å². The molecule has 0 saturated heterocycles. The van der Waals surface area contributed by atoms with Crippen LogP contribution < -0.4 is 4.72 Å². The molecule has 0 fully saturated rings. The van der Waals surface area contributed by atoms with Crippen molar-refractivity contribution in [3.63, 3.8) is 0 Å². The maximum absolute atomic E-state index is 12.9. The summed E-state index contributed by atoms with van der Waals surface area (Å²) < 4.78 is 30.0. The number of sulfonamides is 1. The fourth-order valence-corrected chi connectivity index (χ4v) is 4.30. The molecule has 2 aromatic carbocycles. The van der Waals surface area contributed by atoms with Gasteiger partial charge in [-0.2, -0.15) is 5.10 Å². The fourth-order valence-electron chi connectivity index (χ4n) is 2.97. The van der Waals surface area contributed by atoms with Gasteiger partial charge in [0.2, 0.25) is 0 Å². The number of benzene rings is 2. The number of aryl methyl sites for hydroxylation is 3. The summed E-state index contributed by atoms with van der Waals surface area (Å²) in [5.74, 6) is -0.263. The zero-order valence-corrected chi connectivity index (χ0v) is 17.7. The van der Waals surface area contributed by atoms with Crippen LogP contribution >= 0.6 is 0 Å². The third kappa shape index (κ3) is 4.83. The predicted octanol–water partition coefficient (Wildman–Crippen LogP) is 3.11. The summed E-state index contributed by atoms with van der Waals surface area (Å²) in [5.41, 5.74) is 3.28. The van der Waals surface area contributed by atoms with Gasteiger partial charge in [0.05, 0.1) is 11.1 Å².